The first kappa shape index (κ1) is 30.1. The molecule has 4 heteroatoms. The van der Waals surface area contributed by atoms with E-state index in [0.29, 0.717) is 5.82 Å². The number of nitrogens with zero attached hydrogens (tertiary/aromatic N) is 2. The highest BCUT2D eigenvalue weighted by molar-refractivity contribution is 4.94. The Labute approximate surface area is 206 Å². The van der Waals surface area contributed by atoms with E-state index < -0.39 is 6.10 Å². The number of rotatable bonds is 25. The fourth-order valence-electron chi connectivity index (χ4n) is 4.66. The van der Waals surface area contributed by atoms with Crippen molar-refractivity contribution in [1.29, 1.82) is 0 Å². The third-order valence-corrected chi connectivity index (χ3v) is 6.95. The van der Waals surface area contributed by atoms with E-state index in [1.54, 1.807) is 0 Å². The second-order valence-corrected chi connectivity index (χ2v) is 10.3. The van der Waals surface area contributed by atoms with Crippen LogP contribution in [0.4, 0.5) is 0 Å². The summed E-state index contributed by atoms with van der Waals surface area (Å²) in [5.74, 6) is 1.54. The van der Waals surface area contributed by atoms with Gasteiger partial charge in [-0.05, 0) is 12.8 Å². The second kappa shape index (κ2) is 22.9. The van der Waals surface area contributed by atoms with E-state index in [1.807, 2.05) is 0 Å². The number of aliphatic hydroxyl groups is 1. The molecule has 0 aliphatic carbocycles. The number of aliphatic hydroxyl groups excluding tert-OH is 1. The quantitative estimate of drug-likeness (QED) is 0.142. The maximum atomic E-state index is 10.4. The van der Waals surface area contributed by atoms with Crippen molar-refractivity contribution in [1.82, 2.24) is 15.2 Å². The molecule has 0 aliphatic heterocycles. The Morgan fingerprint density at radius 3 is 1.42 bits per heavy atom. The summed E-state index contributed by atoms with van der Waals surface area (Å²) in [6, 6.07) is 0. The third kappa shape index (κ3) is 18.1. The molecule has 0 spiro atoms. The fraction of sp³-hybridized carbons (Fsp3) is 0.931. The van der Waals surface area contributed by atoms with Crippen molar-refractivity contribution in [2.24, 2.45) is 0 Å². The Kier molecular flexibility index (Phi) is 20.9. The molecule has 0 saturated heterocycles. The minimum absolute atomic E-state index is 0.508. The summed E-state index contributed by atoms with van der Waals surface area (Å²) in [6.07, 6.45) is 30.8. The van der Waals surface area contributed by atoms with Crippen LogP contribution in [0.25, 0.3) is 0 Å². The van der Waals surface area contributed by atoms with E-state index >= 15 is 0 Å². The van der Waals surface area contributed by atoms with Crippen LogP contribution in [0.2, 0.25) is 0 Å². The lowest BCUT2D eigenvalue weighted by Gasteiger charge is -2.06. The van der Waals surface area contributed by atoms with Crippen molar-refractivity contribution in [3.8, 4) is 0 Å². The van der Waals surface area contributed by atoms with E-state index in [1.165, 1.54) is 135 Å². The molecule has 1 rings (SSSR count). The van der Waals surface area contributed by atoms with E-state index in [9.17, 15) is 5.11 Å². The van der Waals surface area contributed by atoms with Crippen LogP contribution in [0.1, 0.15) is 179 Å². The van der Waals surface area contributed by atoms with Gasteiger partial charge in [-0.3, -0.25) is 5.10 Å². The van der Waals surface area contributed by atoms with Crippen LogP contribution in [-0.2, 0) is 6.42 Å². The second-order valence-electron chi connectivity index (χ2n) is 10.3. The van der Waals surface area contributed by atoms with Crippen LogP contribution in [0.15, 0.2) is 0 Å². The molecule has 0 amide bonds. The lowest BCUT2D eigenvalue weighted by molar-refractivity contribution is 0.154. The van der Waals surface area contributed by atoms with Gasteiger partial charge < -0.3 is 5.11 Å². The van der Waals surface area contributed by atoms with Gasteiger partial charge in [0, 0.05) is 6.42 Å². The van der Waals surface area contributed by atoms with Crippen molar-refractivity contribution >= 4 is 0 Å². The smallest absolute Gasteiger partial charge is 0.179 e. The first-order valence-electron chi connectivity index (χ1n) is 14.9. The molecule has 1 aromatic rings. The SMILES string of the molecule is CCCCCCCCCCCCCCCC(O)c1n[nH]c(CCCCCCCCCCC)n1. The largest absolute Gasteiger partial charge is 0.385 e. The molecule has 1 aromatic heterocycles. The maximum absolute atomic E-state index is 10.4. The normalized spacial score (nSPS) is 12.5. The van der Waals surface area contributed by atoms with Gasteiger partial charge in [-0.15, -0.1) is 0 Å². The number of aromatic amines is 1. The molecular formula is C29H57N3O. The zero-order chi connectivity index (χ0) is 23.8. The van der Waals surface area contributed by atoms with Crippen molar-refractivity contribution < 1.29 is 5.11 Å². The highest BCUT2D eigenvalue weighted by Crippen LogP contribution is 2.19. The fourth-order valence-corrected chi connectivity index (χ4v) is 4.66. The third-order valence-electron chi connectivity index (χ3n) is 6.95. The monoisotopic (exact) mass is 463 g/mol. The topological polar surface area (TPSA) is 61.8 Å². The van der Waals surface area contributed by atoms with Gasteiger partial charge in [-0.25, -0.2) is 4.98 Å². The first-order valence-corrected chi connectivity index (χ1v) is 14.9. The van der Waals surface area contributed by atoms with Gasteiger partial charge in [-0.2, -0.15) is 5.10 Å². The predicted octanol–water partition coefficient (Wildman–Crippen LogP) is 9.39. The Morgan fingerprint density at radius 2 is 0.970 bits per heavy atom. The molecule has 194 valence electrons. The molecule has 0 radical (unpaired) electrons. The molecule has 0 aliphatic rings. The summed E-state index contributed by atoms with van der Waals surface area (Å²) in [5.41, 5.74) is 0. The molecule has 2 N–H and O–H groups in total. The maximum Gasteiger partial charge on any atom is 0.179 e. The molecule has 1 heterocycles. The van der Waals surface area contributed by atoms with Gasteiger partial charge in [0.2, 0.25) is 0 Å². The number of unbranched alkanes of at least 4 members (excludes halogenated alkanes) is 20. The number of aryl methyl sites for hydroxylation is 1. The van der Waals surface area contributed by atoms with E-state index in [0.717, 1.165) is 25.1 Å². The van der Waals surface area contributed by atoms with Crippen LogP contribution in [0.5, 0.6) is 0 Å². The van der Waals surface area contributed by atoms with Crippen molar-refractivity contribution in [2.45, 2.75) is 174 Å². The Hall–Kier alpha value is -0.900. The van der Waals surface area contributed by atoms with Gasteiger partial charge in [0.05, 0.1) is 0 Å². The standard InChI is InChI=1S/C29H57N3O/c1-3-5-7-9-11-13-14-15-16-18-19-21-23-25-27(33)29-30-28(31-32-29)26-24-22-20-17-12-10-8-6-4-2/h27,33H,3-26H2,1-2H3,(H,30,31,32). The number of aromatic nitrogens is 3. The van der Waals surface area contributed by atoms with Crippen LogP contribution in [-0.4, -0.2) is 20.3 Å². The molecule has 0 fully saturated rings. The Bertz CT molecular complexity index is 517. The van der Waals surface area contributed by atoms with E-state index in [4.69, 9.17) is 0 Å². The lowest BCUT2D eigenvalue weighted by Crippen LogP contribution is -2.00. The molecule has 33 heavy (non-hydrogen) atoms. The highest BCUT2D eigenvalue weighted by atomic mass is 16.3. The van der Waals surface area contributed by atoms with Crippen LogP contribution in [0, 0.1) is 0 Å². The van der Waals surface area contributed by atoms with Crippen molar-refractivity contribution in [2.75, 3.05) is 0 Å². The lowest BCUT2D eigenvalue weighted by atomic mass is 10.0. The minimum atomic E-state index is -0.508. The minimum Gasteiger partial charge on any atom is -0.385 e. The Morgan fingerprint density at radius 1 is 0.576 bits per heavy atom. The van der Waals surface area contributed by atoms with Crippen LogP contribution in [0.3, 0.4) is 0 Å². The van der Waals surface area contributed by atoms with Gasteiger partial charge in [0.25, 0.3) is 0 Å². The molecule has 0 saturated carbocycles. The van der Waals surface area contributed by atoms with Gasteiger partial charge in [-0.1, -0.05) is 149 Å². The highest BCUT2D eigenvalue weighted by Gasteiger charge is 2.13. The first-order chi connectivity index (χ1) is 16.3. The van der Waals surface area contributed by atoms with Gasteiger partial charge in [0.1, 0.15) is 11.9 Å². The molecule has 1 atom stereocenters. The molecule has 0 aromatic carbocycles. The average molecular weight is 464 g/mol. The summed E-state index contributed by atoms with van der Waals surface area (Å²) in [4.78, 5) is 4.54. The summed E-state index contributed by atoms with van der Waals surface area (Å²) < 4.78 is 0. The molecule has 1 unspecified atom stereocenters. The van der Waals surface area contributed by atoms with Gasteiger partial charge >= 0.3 is 0 Å². The van der Waals surface area contributed by atoms with Gasteiger partial charge in [0.15, 0.2) is 5.82 Å². The summed E-state index contributed by atoms with van der Waals surface area (Å²) in [7, 11) is 0. The zero-order valence-electron chi connectivity index (χ0n) is 22.4. The van der Waals surface area contributed by atoms with Crippen LogP contribution >= 0.6 is 0 Å². The van der Waals surface area contributed by atoms with E-state index in [2.05, 4.69) is 29.0 Å². The summed E-state index contributed by atoms with van der Waals surface area (Å²) >= 11 is 0. The number of H-pyrrole nitrogens is 1. The number of nitrogens with one attached hydrogen (secondary N) is 1. The number of hydrogen-bond donors (Lipinski definition) is 2. The van der Waals surface area contributed by atoms with E-state index in [-0.39, 0.29) is 0 Å². The molecule has 0 bridgehead atoms. The summed E-state index contributed by atoms with van der Waals surface area (Å²) in [6.45, 7) is 4.55. The van der Waals surface area contributed by atoms with Crippen LogP contribution < -0.4 is 0 Å². The van der Waals surface area contributed by atoms with Crippen molar-refractivity contribution in [3.63, 3.8) is 0 Å². The zero-order valence-corrected chi connectivity index (χ0v) is 22.4. The Balaban J connectivity index is 1.92. The predicted molar refractivity (Wildman–Crippen MR) is 143 cm³/mol. The number of hydrogen-bond acceptors (Lipinski definition) is 3. The van der Waals surface area contributed by atoms with Crippen molar-refractivity contribution in [3.05, 3.63) is 11.6 Å². The summed E-state index contributed by atoms with van der Waals surface area (Å²) in [5, 5.41) is 17.7. The average Bonchev–Trinajstić information content (AvgIpc) is 3.30. The molecular weight excluding hydrogens is 406 g/mol. The molecule has 4 nitrogen and oxygen atoms in total.